The van der Waals surface area contributed by atoms with Gasteiger partial charge in [0.25, 0.3) is 5.91 Å². The lowest BCUT2D eigenvalue weighted by Gasteiger charge is -2.21. The molecular weight excluding hydrogens is 337 g/mol. The number of nitrogens with one attached hydrogen (secondary N) is 2. The highest BCUT2D eigenvalue weighted by atomic mass is 19.1. The summed E-state index contributed by atoms with van der Waals surface area (Å²) in [5.74, 6) is -0.554. The predicted molar refractivity (Wildman–Crippen MR) is 93.8 cm³/mol. The molecule has 3 heterocycles. The van der Waals surface area contributed by atoms with Crippen LogP contribution >= 0.6 is 0 Å². The smallest absolute Gasteiger partial charge is 0.256 e. The maximum atomic E-state index is 14.0. The van der Waals surface area contributed by atoms with E-state index in [0.29, 0.717) is 0 Å². The normalized spacial score (nSPS) is 22.4. The Labute approximate surface area is 153 Å². The van der Waals surface area contributed by atoms with E-state index in [-0.39, 0.29) is 40.8 Å². The van der Waals surface area contributed by atoms with Crippen LogP contribution < -0.4 is 15.4 Å². The third-order valence-electron chi connectivity index (χ3n) is 4.07. The molecule has 134 valence electrons. The second kappa shape index (κ2) is 6.29. The van der Waals surface area contributed by atoms with E-state index in [9.17, 15) is 9.18 Å². The lowest BCUT2D eigenvalue weighted by Crippen LogP contribution is -2.33. The minimum atomic E-state index is -2.53. The summed E-state index contributed by atoms with van der Waals surface area (Å²) >= 11 is 0. The zero-order chi connectivity index (χ0) is 20.8. The fourth-order valence-corrected chi connectivity index (χ4v) is 2.78. The van der Waals surface area contributed by atoms with Crippen LogP contribution in [0.3, 0.4) is 0 Å². The molecule has 3 aromatic rings. The van der Waals surface area contributed by atoms with Crippen molar-refractivity contribution >= 4 is 17.4 Å². The van der Waals surface area contributed by atoms with Gasteiger partial charge in [-0.2, -0.15) is 5.10 Å². The van der Waals surface area contributed by atoms with Crippen LogP contribution in [-0.4, -0.2) is 33.2 Å². The number of carbonyl (C=O) groups excluding carboxylic acids is 1. The number of hydrogen-bond donors (Lipinski definition) is 2. The van der Waals surface area contributed by atoms with E-state index in [1.54, 1.807) is 13.1 Å². The number of benzene rings is 1. The first-order chi connectivity index (χ1) is 13.7. The highest BCUT2D eigenvalue weighted by Crippen LogP contribution is 2.29. The Morgan fingerprint density at radius 2 is 2.31 bits per heavy atom. The van der Waals surface area contributed by atoms with Gasteiger partial charge in [-0.25, -0.2) is 13.9 Å². The molecule has 0 saturated heterocycles. The molecule has 0 radical (unpaired) electrons. The Kier molecular flexibility index (Phi) is 3.17. The van der Waals surface area contributed by atoms with Gasteiger partial charge in [-0.05, 0) is 38.0 Å². The Morgan fingerprint density at radius 3 is 3.15 bits per heavy atom. The standard InChI is InChI=1S/C18H18FN5O2/c1-10-8-20-18(25)14-9-21-24-6-5-16(23-17(14)24)22-11(2)13-7-12(19)3-4-15(13)26-10/h3-7,9-11H,8H2,1-2H3,(H,20,25)(H,22,23)/t10-,11+/m0/s1/i2D3. The van der Waals surface area contributed by atoms with E-state index in [1.165, 1.54) is 28.9 Å². The monoisotopic (exact) mass is 358 g/mol. The minimum absolute atomic E-state index is 0.137. The van der Waals surface area contributed by atoms with Crippen LogP contribution in [0.15, 0.2) is 36.7 Å². The zero-order valence-corrected chi connectivity index (χ0v) is 13.9. The zero-order valence-electron chi connectivity index (χ0n) is 16.9. The van der Waals surface area contributed by atoms with Gasteiger partial charge >= 0.3 is 0 Å². The molecule has 7 nitrogen and oxygen atoms in total. The lowest BCUT2D eigenvalue weighted by molar-refractivity contribution is 0.0933. The number of amides is 1. The molecular formula is C18H18FN5O2. The largest absolute Gasteiger partial charge is 0.489 e. The number of halogens is 1. The summed E-state index contributed by atoms with van der Waals surface area (Å²) in [4.78, 5) is 16.9. The Bertz CT molecular complexity index is 1090. The number of nitrogens with zero attached hydrogens (tertiary/aromatic N) is 3. The lowest BCUT2D eigenvalue weighted by atomic mass is 10.1. The van der Waals surface area contributed by atoms with Crippen molar-refractivity contribution in [3.8, 4) is 5.75 Å². The van der Waals surface area contributed by atoms with Gasteiger partial charge in [0.15, 0.2) is 5.65 Å². The second-order valence-electron chi connectivity index (χ2n) is 6.04. The number of anilines is 1. The predicted octanol–water partition coefficient (Wildman–Crippen LogP) is 2.55. The summed E-state index contributed by atoms with van der Waals surface area (Å²) in [6.45, 7) is -0.657. The van der Waals surface area contributed by atoms with Crippen LogP contribution in [0, 0.1) is 5.82 Å². The molecule has 1 aliphatic heterocycles. The SMILES string of the molecule is [2H]C([2H])([2H])[C@H]1Nc2ccn3ncc(c3n2)C(=O)NC[C@H](C)Oc2ccc(F)cc21. The average molecular weight is 358 g/mol. The van der Waals surface area contributed by atoms with Gasteiger partial charge in [-0.1, -0.05) is 0 Å². The molecule has 2 aromatic heterocycles. The minimum Gasteiger partial charge on any atom is -0.489 e. The number of aromatic nitrogens is 3. The quantitative estimate of drug-likeness (QED) is 0.646. The van der Waals surface area contributed by atoms with Crippen molar-refractivity contribution in [1.82, 2.24) is 19.9 Å². The van der Waals surface area contributed by atoms with Gasteiger partial charge in [-0.3, -0.25) is 4.79 Å². The van der Waals surface area contributed by atoms with Crippen molar-refractivity contribution in [3.63, 3.8) is 0 Å². The summed E-state index contributed by atoms with van der Waals surface area (Å²) in [5.41, 5.74) is 0.649. The molecule has 1 aliphatic rings. The van der Waals surface area contributed by atoms with Crippen molar-refractivity contribution in [2.45, 2.75) is 25.9 Å². The van der Waals surface area contributed by atoms with Crippen LogP contribution in [0.5, 0.6) is 5.75 Å². The molecule has 2 atom stereocenters. The van der Waals surface area contributed by atoms with E-state index in [4.69, 9.17) is 8.85 Å². The Balaban J connectivity index is 1.89. The molecule has 0 spiro atoms. The summed E-state index contributed by atoms with van der Waals surface area (Å²) in [6.07, 6.45) is 2.45. The van der Waals surface area contributed by atoms with Crippen molar-refractivity contribution < 1.29 is 18.0 Å². The van der Waals surface area contributed by atoms with E-state index in [2.05, 4.69) is 20.7 Å². The van der Waals surface area contributed by atoms with Crippen LogP contribution in [0.4, 0.5) is 10.2 Å². The first-order valence-corrected chi connectivity index (χ1v) is 8.07. The van der Waals surface area contributed by atoms with E-state index in [1.807, 2.05) is 0 Å². The molecule has 2 N–H and O–H groups in total. The highest BCUT2D eigenvalue weighted by molar-refractivity contribution is 5.99. The van der Waals surface area contributed by atoms with Gasteiger partial charge in [0.05, 0.1) is 18.8 Å². The van der Waals surface area contributed by atoms with Gasteiger partial charge < -0.3 is 15.4 Å². The number of carbonyl (C=O) groups is 1. The van der Waals surface area contributed by atoms with Gasteiger partial charge in [0.1, 0.15) is 29.1 Å². The van der Waals surface area contributed by atoms with Gasteiger partial charge in [0.2, 0.25) is 0 Å². The molecule has 0 unspecified atom stereocenters. The van der Waals surface area contributed by atoms with Crippen LogP contribution in [-0.2, 0) is 0 Å². The molecule has 26 heavy (non-hydrogen) atoms. The molecule has 1 aromatic carbocycles. The summed E-state index contributed by atoms with van der Waals surface area (Å²) in [5, 5.41) is 9.69. The molecule has 0 fully saturated rings. The second-order valence-corrected chi connectivity index (χ2v) is 6.04. The van der Waals surface area contributed by atoms with E-state index >= 15 is 0 Å². The maximum Gasteiger partial charge on any atom is 0.256 e. The van der Waals surface area contributed by atoms with Gasteiger partial charge in [-0.15, -0.1) is 0 Å². The Morgan fingerprint density at radius 1 is 1.42 bits per heavy atom. The maximum absolute atomic E-state index is 14.0. The molecule has 4 rings (SSSR count). The van der Waals surface area contributed by atoms with E-state index < -0.39 is 24.8 Å². The summed E-state index contributed by atoms with van der Waals surface area (Å²) in [7, 11) is 0. The van der Waals surface area contributed by atoms with Crippen LogP contribution in [0.2, 0.25) is 0 Å². The third kappa shape index (κ3) is 2.94. The molecule has 2 bridgehead atoms. The van der Waals surface area contributed by atoms with Crippen LogP contribution in [0.25, 0.3) is 5.65 Å². The Hall–Kier alpha value is -3.16. The first-order valence-electron chi connectivity index (χ1n) is 9.57. The molecule has 8 heteroatoms. The summed E-state index contributed by atoms with van der Waals surface area (Å²) in [6, 6.07) is 3.96. The molecule has 0 saturated carbocycles. The molecule has 1 amide bonds. The number of fused-ring (bicyclic) bond motifs is 2. The van der Waals surface area contributed by atoms with Crippen molar-refractivity contribution in [2.24, 2.45) is 0 Å². The fourth-order valence-electron chi connectivity index (χ4n) is 2.78. The van der Waals surface area contributed by atoms with Gasteiger partial charge in [0, 0.05) is 15.9 Å². The first kappa shape index (κ1) is 13.1. The number of hydrogen-bond acceptors (Lipinski definition) is 5. The van der Waals surface area contributed by atoms with Crippen LogP contribution in [0.1, 0.15) is 39.9 Å². The van der Waals surface area contributed by atoms with Crippen molar-refractivity contribution in [2.75, 3.05) is 11.9 Å². The summed E-state index contributed by atoms with van der Waals surface area (Å²) < 4.78 is 45.2. The molecule has 0 aliphatic carbocycles. The average Bonchev–Trinajstić information content (AvgIpc) is 3.07. The highest BCUT2D eigenvalue weighted by Gasteiger charge is 2.20. The van der Waals surface area contributed by atoms with Crippen molar-refractivity contribution in [3.05, 3.63) is 53.6 Å². The topological polar surface area (TPSA) is 80.5 Å². The number of ether oxygens (including phenoxy) is 1. The third-order valence-corrected chi connectivity index (χ3v) is 4.07. The van der Waals surface area contributed by atoms with Crippen molar-refractivity contribution in [1.29, 1.82) is 0 Å². The van der Waals surface area contributed by atoms with E-state index in [0.717, 1.165) is 6.07 Å². The number of rotatable bonds is 0. The fraction of sp³-hybridized carbons (Fsp3) is 0.278.